The van der Waals surface area contributed by atoms with Gasteiger partial charge in [-0.05, 0) is 19.3 Å². The third-order valence-electron chi connectivity index (χ3n) is 3.69. The molecule has 18 heavy (non-hydrogen) atoms. The molecular weight excluding hydrogens is 222 g/mol. The molecule has 0 aliphatic heterocycles. The molecule has 108 valence electrons. The highest BCUT2D eigenvalue weighted by Crippen LogP contribution is 2.27. The summed E-state index contributed by atoms with van der Waals surface area (Å²) in [6.45, 7) is 8.34. The lowest BCUT2D eigenvalue weighted by Crippen LogP contribution is -2.47. The molecule has 1 amide bonds. The van der Waals surface area contributed by atoms with Crippen LogP contribution in [0.3, 0.4) is 0 Å². The van der Waals surface area contributed by atoms with E-state index in [0.717, 1.165) is 25.7 Å². The number of hydrogen-bond acceptors (Lipinski definition) is 1. The summed E-state index contributed by atoms with van der Waals surface area (Å²) in [6, 6.07) is 0. The summed E-state index contributed by atoms with van der Waals surface area (Å²) in [7, 11) is 0. The second-order valence-corrected chi connectivity index (χ2v) is 5.63. The van der Waals surface area contributed by atoms with Crippen molar-refractivity contribution in [3.8, 4) is 0 Å². The first kappa shape index (κ1) is 17.5. The molecule has 0 heterocycles. The molecule has 1 N–H and O–H groups in total. The molecule has 0 bridgehead atoms. The Morgan fingerprint density at radius 2 is 1.44 bits per heavy atom. The Bertz CT molecular complexity index is 215. The molecule has 0 aliphatic rings. The number of amides is 1. The topological polar surface area (TPSA) is 29.1 Å². The first-order valence-electron chi connectivity index (χ1n) is 7.89. The van der Waals surface area contributed by atoms with Crippen LogP contribution in [0.25, 0.3) is 0 Å². The molecule has 0 saturated heterocycles. The maximum atomic E-state index is 11.5. The summed E-state index contributed by atoms with van der Waals surface area (Å²) >= 11 is 0. The highest BCUT2D eigenvalue weighted by Gasteiger charge is 2.28. The van der Waals surface area contributed by atoms with Gasteiger partial charge in [-0.25, -0.2) is 0 Å². The number of carbonyl (C=O) groups excluding carboxylic acids is 1. The zero-order chi connectivity index (χ0) is 13.9. The van der Waals surface area contributed by atoms with Crippen LogP contribution >= 0.6 is 0 Å². The van der Waals surface area contributed by atoms with Crippen LogP contribution < -0.4 is 5.32 Å². The molecule has 0 rings (SSSR count). The Balaban J connectivity index is 4.43. The summed E-state index contributed by atoms with van der Waals surface area (Å²) in [6.07, 6.45) is 12.1. The molecule has 2 nitrogen and oxygen atoms in total. The van der Waals surface area contributed by atoms with Gasteiger partial charge in [0.05, 0.1) is 0 Å². The van der Waals surface area contributed by atoms with Gasteiger partial charge in [-0.3, -0.25) is 4.79 Å². The maximum absolute atomic E-state index is 11.5. The molecule has 0 fully saturated rings. The smallest absolute Gasteiger partial charge is 0.217 e. The third kappa shape index (κ3) is 7.73. The lowest BCUT2D eigenvalue weighted by molar-refractivity contribution is -0.121. The van der Waals surface area contributed by atoms with Gasteiger partial charge in [-0.2, -0.15) is 0 Å². The summed E-state index contributed by atoms with van der Waals surface area (Å²) in [5.41, 5.74) is 0.0737. The highest BCUT2D eigenvalue weighted by atomic mass is 16.1. The van der Waals surface area contributed by atoms with Gasteiger partial charge >= 0.3 is 0 Å². The van der Waals surface area contributed by atoms with Gasteiger partial charge in [-0.15, -0.1) is 0 Å². The Morgan fingerprint density at radius 1 is 0.833 bits per heavy atom. The van der Waals surface area contributed by atoms with Crippen molar-refractivity contribution in [3.63, 3.8) is 0 Å². The molecule has 0 radical (unpaired) electrons. The van der Waals surface area contributed by atoms with Crippen molar-refractivity contribution in [2.45, 2.75) is 97.4 Å². The lowest BCUT2D eigenvalue weighted by Gasteiger charge is -2.35. The van der Waals surface area contributed by atoms with Crippen molar-refractivity contribution >= 4 is 5.91 Å². The van der Waals surface area contributed by atoms with Crippen molar-refractivity contribution in [1.29, 1.82) is 0 Å². The fraction of sp³-hybridized carbons (Fsp3) is 0.938. The second-order valence-electron chi connectivity index (χ2n) is 5.63. The molecular formula is C16H33NO. The Labute approximate surface area is 114 Å². The van der Waals surface area contributed by atoms with E-state index in [0.29, 0.717) is 0 Å². The largest absolute Gasteiger partial charge is 0.351 e. The van der Waals surface area contributed by atoms with Gasteiger partial charge < -0.3 is 5.32 Å². The van der Waals surface area contributed by atoms with E-state index in [2.05, 4.69) is 26.1 Å². The minimum Gasteiger partial charge on any atom is -0.351 e. The fourth-order valence-corrected chi connectivity index (χ4v) is 2.82. The van der Waals surface area contributed by atoms with Crippen LogP contribution in [0, 0.1) is 0 Å². The zero-order valence-electron chi connectivity index (χ0n) is 13.0. The molecule has 0 aromatic heterocycles. The highest BCUT2D eigenvalue weighted by molar-refractivity contribution is 5.73. The maximum Gasteiger partial charge on any atom is 0.217 e. The first-order valence-corrected chi connectivity index (χ1v) is 7.89. The van der Waals surface area contributed by atoms with E-state index in [4.69, 9.17) is 0 Å². The monoisotopic (exact) mass is 255 g/mol. The molecule has 2 heteroatoms. The van der Waals surface area contributed by atoms with E-state index in [1.54, 1.807) is 6.92 Å². The van der Waals surface area contributed by atoms with Gasteiger partial charge in [0.15, 0.2) is 0 Å². The predicted octanol–water partition coefficient (Wildman–Crippen LogP) is 4.82. The lowest BCUT2D eigenvalue weighted by atomic mass is 9.82. The third-order valence-corrected chi connectivity index (χ3v) is 3.69. The fourth-order valence-electron chi connectivity index (χ4n) is 2.82. The molecule has 0 aromatic rings. The SMILES string of the molecule is CCCCCCC(CCC)(CCCC)NC(C)=O. The first-order chi connectivity index (χ1) is 8.60. The zero-order valence-corrected chi connectivity index (χ0v) is 13.0. The Kier molecular flexibility index (Phi) is 10.1. The summed E-state index contributed by atoms with van der Waals surface area (Å²) in [5, 5.41) is 3.27. The summed E-state index contributed by atoms with van der Waals surface area (Å²) < 4.78 is 0. The van der Waals surface area contributed by atoms with E-state index in [1.807, 2.05) is 0 Å². The van der Waals surface area contributed by atoms with Gasteiger partial charge in [0, 0.05) is 12.5 Å². The van der Waals surface area contributed by atoms with E-state index in [-0.39, 0.29) is 11.4 Å². The minimum absolute atomic E-state index is 0.0737. The van der Waals surface area contributed by atoms with Crippen LogP contribution in [-0.2, 0) is 4.79 Å². The average molecular weight is 255 g/mol. The summed E-state index contributed by atoms with van der Waals surface area (Å²) in [5.74, 6) is 0.134. The molecule has 0 saturated carbocycles. The molecule has 0 aromatic carbocycles. The minimum atomic E-state index is 0.0737. The van der Waals surface area contributed by atoms with Crippen molar-refractivity contribution in [2.24, 2.45) is 0 Å². The van der Waals surface area contributed by atoms with E-state index < -0.39 is 0 Å². The Morgan fingerprint density at radius 3 is 1.94 bits per heavy atom. The van der Waals surface area contributed by atoms with Gasteiger partial charge in [0.2, 0.25) is 5.91 Å². The molecule has 0 spiro atoms. The van der Waals surface area contributed by atoms with Crippen LogP contribution in [0.4, 0.5) is 0 Å². The number of unbranched alkanes of at least 4 members (excludes halogenated alkanes) is 4. The number of hydrogen-bond donors (Lipinski definition) is 1. The van der Waals surface area contributed by atoms with E-state index in [1.165, 1.54) is 38.5 Å². The van der Waals surface area contributed by atoms with Crippen LogP contribution in [0.2, 0.25) is 0 Å². The average Bonchev–Trinajstić information content (AvgIpc) is 2.32. The van der Waals surface area contributed by atoms with Crippen LogP contribution in [-0.4, -0.2) is 11.4 Å². The van der Waals surface area contributed by atoms with Gasteiger partial charge in [0.1, 0.15) is 0 Å². The van der Waals surface area contributed by atoms with E-state index in [9.17, 15) is 4.79 Å². The Hall–Kier alpha value is -0.530. The van der Waals surface area contributed by atoms with E-state index >= 15 is 0 Å². The van der Waals surface area contributed by atoms with Crippen LogP contribution in [0.15, 0.2) is 0 Å². The standard InChI is InChI=1S/C16H33NO/c1-5-8-10-11-14-16(12-7-3,13-9-6-2)17-15(4)18/h5-14H2,1-4H3,(H,17,18). The second kappa shape index (κ2) is 10.4. The number of nitrogens with one attached hydrogen (secondary N) is 1. The normalized spacial score (nSPS) is 14.2. The van der Waals surface area contributed by atoms with Crippen LogP contribution in [0.5, 0.6) is 0 Å². The van der Waals surface area contributed by atoms with Crippen molar-refractivity contribution in [3.05, 3.63) is 0 Å². The van der Waals surface area contributed by atoms with Crippen molar-refractivity contribution in [1.82, 2.24) is 5.32 Å². The molecule has 1 unspecified atom stereocenters. The van der Waals surface area contributed by atoms with Gasteiger partial charge in [0.25, 0.3) is 0 Å². The molecule has 0 aliphatic carbocycles. The predicted molar refractivity (Wildman–Crippen MR) is 79.7 cm³/mol. The van der Waals surface area contributed by atoms with Gasteiger partial charge in [-0.1, -0.05) is 65.7 Å². The molecule has 1 atom stereocenters. The van der Waals surface area contributed by atoms with Crippen LogP contribution in [0.1, 0.15) is 91.9 Å². The number of carbonyl (C=O) groups is 1. The number of rotatable bonds is 11. The quantitative estimate of drug-likeness (QED) is 0.527. The summed E-state index contributed by atoms with van der Waals surface area (Å²) in [4.78, 5) is 11.5. The van der Waals surface area contributed by atoms with Crippen molar-refractivity contribution in [2.75, 3.05) is 0 Å². The van der Waals surface area contributed by atoms with Crippen molar-refractivity contribution < 1.29 is 4.79 Å².